The Morgan fingerprint density at radius 2 is 1.69 bits per heavy atom. The number of halogens is 2. The van der Waals surface area contributed by atoms with Gasteiger partial charge in [0.15, 0.2) is 5.76 Å². The van der Waals surface area contributed by atoms with E-state index in [0.29, 0.717) is 29.0 Å². The van der Waals surface area contributed by atoms with Crippen molar-refractivity contribution in [3.05, 3.63) is 60.0 Å². The summed E-state index contributed by atoms with van der Waals surface area (Å²) in [4.78, 5) is 3.96. The van der Waals surface area contributed by atoms with E-state index in [2.05, 4.69) is 4.98 Å². The van der Waals surface area contributed by atoms with Crippen molar-refractivity contribution in [3.63, 3.8) is 0 Å². The van der Waals surface area contributed by atoms with E-state index in [1.807, 2.05) is 0 Å². The van der Waals surface area contributed by atoms with Gasteiger partial charge in [-0.25, -0.2) is 4.98 Å². The highest BCUT2D eigenvalue weighted by Gasteiger charge is 2.22. The number of hydrogen-bond acceptors (Lipinski definition) is 5. The van der Waals surface area contributed by atoms with Crippen molar-refractivity contribution < 1.29 is 30.9 Å². The number of aryl methyl sites for hydroxylation is 1. The summed E-state index contributed by atoms with van der Waals surface area (Å²) in [5.41, 5.74) is 2.31. The van der Waals surface area contributed by atoms with Crippen molar-refractivity contribution in [2.24, 2.45) is 0 Å². The van der Waals surface area contributed by atoms with Crippen LogP contribution in [0.15, 0.2) is 52.9 Å². The summed E-state index contributed by atoms with van der Waals surface area (Å²) in [5.74, 6) is -0.143. The number of oxazole rings is 1. The van der Waals surface area contributed by atoms with E-state index in [-0.39, 0.29) is 17.9 Å². The molecule has 0 amide bonds. The summed E-state index contributed by atoms with van der Waals surface area (Å²) in [6, 6.07) is 13.7. The van der Waals surface area contributed by atoms with Crippen molar-refractivity contribution in [3.8, 4) is 28.3 Å². The van der Waals surface area contributed by atoms with Gasteiger partial charge in [0, 0.05) is 11.1 Å². The molecule has 9 heteroatoms. The Morgan fingerprint density at radius 1 is 1.07 bits per heavy atom. The van der Waals surface area contributed by atoms with Crippen molar-refractivity contribution in [1.29, 1.82) is 0 Å². The predicted molar refractivity (Wildman–Crippen MR) is 104 cm³/mol. The third-order valence-electron chi connectivity index (χ3n) is 4.28. The van der Waals surface area contributed by atoms with E-state index < -0.39 is 22.4 Å². The van der Waals surface area contributed by atoms with Crippen molar-refractivity contribution in [2.45, 2.75) is 19.3 Å². The van der Waals surface area contributed by atoms with Crippen LogP contribution in [0.4, 0.5) is 8.78 Å². The maximum absolute atomic E-state index is 13.2. The molecule has 0 aliphatic rings. The molecule has 0 radical (unpaired) electrons. The van der Waals surface area contributed by atoms with E-state index in [1.54, 1.807) is 48.5 Å². The van der Waals surface area contributed by atoms with Crippen LogP contribution in [0.5, 0.6) is 5.75 Å². The van der Waals surface area contributed by atoms with E-state index in [0.717, 1.165) is 5.56 Å². The normalized spacial score (nSPS) is 11.8. The first-order valence-electron chi connectivity index (χ1n) is 8.74. The molecule has 6 nitrogen and oxygen atoms in total. The summed E-state index contributed by atoms with van der Waals surface area (Å²) >= 11 is 0. The molecule has 29 heavy (non-hydrogen) atoms. The van der Waals surface area contributed by atoms with Crippen molar-refractivity contribution >= 4 is 10.1 Å². The zero-order chi connectivity index (χ0) is 21.0. The Labute approximate surface area is 166 Å². The molecule has 0 saturated carbocycles. The molecule has 0 atom stereocenters. The van der Waals surface area contributed by atoms with Crippen molar-refractivity contribution in [2.75, 3.05) is 12.9 Å². The van der Waals surface area contributed by atoms with E-state index in [4.69, 9.17) is 13.7 Å². The highest BCUT2D eigenvalue weighted by atomic mass is 32.2. The Morgan fingerprint density at radius 3 is 2.24 bits per heavy atom. The highest BCUT2D eigenvalue weighted by molar-refractivity contribution is 7.85. The minimum absolute atomic E-state index is 0.218. The van der Waals surface area contributed by atoms with Gasteiger partial charge in [0.2, 0.25) is 0 Å². The van der Waals surface area contributed by atoms with Crippen LogP contribution in [0.25, 0.3) is 22.6 Å². The summed E-state index contributed by atoms with van der Waals surface area (Å²) in [6.07, 6.45) is -2.13. The quantitative estimate of drug-likeness (QED) is 0.525. The van der Waals surface area contributed by atoms with Gasteiger partial charge in [0.25, 0.3) is 16.0 Å². The summed E-state index contributed by atoms with van der Waals surface area (Å²) < 4.78 is 67.2. The minimum Gasteiger partial charge on any atom is -0.497 e. The van der Waals surface area contributed by atoms with Gasteiger partial charge in [0.05, 0.1) is 12.9 Å². The molecule has 2 aromatic carbocycles. The van der Waals surface area contributed by atoms with E-state index >= 15 is 0 Å². The van der Waals surface area contributed by atoms with Gasteiger partial charge in [-0.2, -0.15) is 17.2 Å². The molecular weight excluding hydrogens is 404 g/mol. The number of ether oxygens (including phenoxy) is 1. The number of nitrogens with zero attached hydrogens (tertiary/aromatic N) is 1. The van der Waals surface area contributed by atoms with Crippen LogP contribution in [0, 0.1) is 0 Å². The summed E-state index contributed by atoms with van der Waals surface area (Å²) in [7, 11) is -2.46. The van der Waals surface area contributed by atoms with Crippen molar-refractivity contribution in [1.82, 2.24) is 4.98 Å². The highest BCUT2D eigenvalue weighted by Crippen LogP contribution is 2.36. The maximum Gasteiger partial charge on any atom is 0.313 e. The Hall–Kier alpha value is -2.78. The third-order valence-corrected chi connectivity index (χ3v) is 5.08. The van der Waals surface area contributed by atoms with Crippen LogP contribution in [-0.2, 0) is 16.5 Å². The number of alkyl halides is 2. The van der Waals surface area contributed by atoms with Crippen LogP contribution in [0.3, 0.4) is 0 Å². The average molecular weight is 423 g/mol. The van der Waals surface area contributed by atoms with Crippen LogP contribution >= 0.6 is 0 Å². The van der Waals surface area contributed by atoms with Gasteiger partial charge < -0.3 is 9.15 Å². The number of methoxy groups -OCH3 is 1. The molecule has 1 N–H and O–H groups in total. The van der Waals surface area contributed by atoms with Gasteiger partial charge in [-0.3, -0.25) is 4.55 Å². The summed E-state index contributed by atoms with van der Waals surface area (Å²) in [5, 5.41) is 0. The van der Waals surface area contributed by atoms with Gasteiger partial charge >= 0.3 is 6.43 Å². The van der Waals surface area contributed by atoms with Gasteiger partial charge in [-0.15, -0.1) is 0 Å². The zero-order valence-corrected chi connectivity index (χ0v) is 16.3. The Bertz CT molecular complexity index is 1060. The molecule has 0 aliphatic heterocycles. The van der Waals surface area contributed by atoms with Crippen LogP contribution in [0.2, 0.25) is 0 Å². The average Bonchev–Trinajstić information content (AvgIpc) is 3.13. The minimum atomic E-state index is -4.00. The fraction of sp³-hybridized carbons (Fsp3) is 0.250. The number of rotatable bonds is 8. The molecule has 1 heterocycles. The first-order chi connectivity index (χ1) is 13.8. The largest absolute Gasteiger partial charge is 0.497 e. The van der Waals surface area contributed by atoms with Crippen LogP contribution in [0.1, 0.15) is 24.3 Å². The standard InChI is InChI=1S/C20H19F2NO5S/c1-27-16-10-8-14(9-11-16)17-18(28-20(23-17)19(21)22)15-6-4-13(5-7-15)3-2-12-29(24,25)26/h4-11,19H,2-3,12H2,1H3,(H,24,25,26). The lowest BCUT2D eigenvalue weighted by Crippen LogP contribution is -2.04. The smallest absolute Gasteiger partial charge is 0.313 e. The predicted octanol–water partition coefficient (Wildman–Crippen LogP) is 4.78. The van der Waals surface area contributed by atoms with E-state index in [1.165, 1.54) is 7.11 Å². The molecule has 154 valence electrons. The Kier molecular flexibility index (Phi) is 6.29. The third kappa shape index (κ3) is 5.39. The number of hydrogen-bond donors (Lipinski definition) is 1. The molecular formula is C20H19F2NO5S. The molecule has 0 bridgehead atoms. The van der Waals surface area contributed by atoms with Gasteiger partial charge in [0.1, 0.15) is 11.4 Å². The molecule has 0 unspecified atom stereocenters. The van der Waals surface area contributed by atoms with Crippen LogP contribution < -0.4 is 4.74 Å². The molecule has 0 fully saturated rings. The SMILES string of the molecule is COc1ccc(-c2nc(C(F)F)oc2-c2ccc(CCCS(=O)(=O)O)cc2)cc1. The lowest BCUT2D eigenvalue weighted by Gasteiger charge is -2.05. The van der Waals surface area contributed by atoms with Gasteiger partial charge in [-0.1, -0.05) is 24.3 Å². The Balaban J connectivity index is 1.88. The second kappa shape index (κ2) is 8.71. The maximum atomic E-state index is 13.2. The first-order valence-corrected chi connectivity index (χ1v) is 10.4. The molecule has 1 aromatic heterocycles. The molecule has 3 aromatic rings. The lowest BCUT2D eigenvalue weighted by molar-refractivity contribution is 0.116. The van der Waals surface area contributed by atoms with Gasteiger partial charge in [-0.05, 0) is 42.7 Å². The fourth-order valence-corrected chi connectivity index (χ4v) is 3.36. The fourth-order valence-electron chi connectivity index (χ4n) is 2.85. The number of aromatic nitrogens is 1. The lowest BCUT2D eigenvalue weighted by atomic mass is 10.0. The van der Waals surface area contributed by atoms with E-state index in [9.17, 15) is 17.2 Å². The van der Waals surface area contributed by atoms with Crippen LogP contribution in [-0.4, -0.2) is 30.8 Å². The summed E-state index contributed by atoms with van der Waals surface area (Å²) in [6.45, 7) is 0. The molecule has 3 rings (SSSR count). The first kappa shape index (κ1) is 20.9. The zero-order valence-electron chi connectivity index (χ0n) is 15.5. The second-order valence-electron chi connectivity index (χ2n) is 6.35. The molecule has 0 saturated heterocycles. The monoisotopic (exact) mass is 423 g/mol. The second-order valence-corrected chi connectivity index (χ2v) is 7.92. The number of benzene rings is 2. The molecule has 0 aliphatic carbocycles. The topological polar surface area (TPSA) is 89.6 Å². The molecule has 0 spiro atoms.